The second kappa shape index (κ2) is 12.4. The molecule has 208 valence electrons. The van der Waals surface area contributed by atoms with E-state index >= 15 is 0 Å². The SMILES string of the molecule is CON=C1CN(C(=O)c2ccc(-c3ccccc3)cc2)C(CC(O)COc2ccc(NC(C)=O)cc2)(C(N)=O)C1. The molecule has 0 spiro atoms. The number of nitrogens with two attached hydrogens (primary N) is 1. The van der Waals surface area contributed by atoms with Crippen molar-refractivity contribution < 1.29 is 29.1 Å². The first-order chi connectivity index (χ1) is 19.2. The van der Waals surface area contributed by atoms with Gasteiger partial charge in [-0.15, -0.1) is 0 Å². The number of primary amides is 1. The van der Waals surface area contributed by atoms with Crippen molar-refractivity contribution in [3.63, 3.8) is 0 Å². The lowest BCUT2D eigenvalue weighted by atomic mass is 9.87. The zero-order valence-electron chi connectivity index (χ0n) is 22.4. The van der Waals surface area contributed by atoms with Crippen molar-refractivity contribution in [2.24, 2.45) is 10.9 Å². The van der Waals surface area contributed by atoms with Gasteiger partial charge in [0.15, 0.2) is 0 Å². The van der Waals surface area contributed by atoms with Crippen LogP contribution in [0.4, 0.5) is 5.69 Å². The van der Waals surface area contributed by atoms with Crippen molar-refractivity contribution in [3.8, 4) is 16.9 Å². The lowest BCUT2D eigenvalue weighted by Crippen LogP contribution is -2.58. The van der Waals surface area contributed by atoms with E-state index in [0.717, 1.165) is 11.1 Å². The first kappa shape index (κ1) is 28.3. The number of hydrogen-bond donors (Lipinski definition) is 3. The number of carbonyl (C=O) groups excluding carboxylic acids is 3. The normalized spacial score (nSPS) is 18.3. The van der Waals surface area contributed by atoms with Gasteiger partial charge in [-0.05, 0) is 47.5 Å². The summed E-state index contributed by atoms with van der Waals surface area (Å²) in [6, 6.07) is 23.5. The molecular weight excluding hydrogens is 512 g/mol. The van der Waals surface area contributed by atoms with Gasteiger partial charge in [0.1, 0.15) is 25.0 Å². The molecular formula is C30H32N4O6. The van der Waals surface area contributed by atoms with Gasteiger partial charge in [-0.25, -0.2) is 0 Å². The van der Waals surface area contributed by atoms with Gasteiger partial charge in [-0.3, -0.25) is 14.4 Å². The van der Waals surface area contributed by atoms with Gasteiger partial charge in [0.25, 0.3) is 5.91 Å². The Labute approximate surface area is 232 Å². The average molecular weight is 545 g/mol. The summed E-state index contributed by atoms with van der Waals surface area (Å²) in [6.45, 7) is 1.28. The number of rotatable bonds is 10. The predicted octanol–water partition coefficient (Wildman–Crippen LogP) is 3.21. The van der Waals surface area contributed by atoms with Crippen molar-refractivity contribution in [2.75, 3.05) is 25.6 Å². The fourth-order valence-corrected chi connectivity index (χ4v) is 4.85. The smallest absolute Gasteiger partial charge is 0.255 e. The maximum Gasteiger partial charge on any atom is 0.255 e. The molecule has 1 aliphatic rings. The minimum Gasteiger partial charge on any atom is -0.491 e. The van der Waals surface area contributed by atoms with Gasteiger partial charge in [0.2, 0.25) is 11.8 Å². The standard InChI is InChI=1S/C30H32N4O6/c1-20(35)32-24-12-14-27(15-13-24)40-19-26(36)17-30(29(31)38)16-25(33-39-2)18-34(30)28(37)23-10-8-22(9-11-23)21-6-4-3-5-7-21/h3-15,26,36H,16-19H2,1-2H3,(H2,31,38)(H,32,35). The molecule has 0 radical (unpaired) electrons. The topological polar surface area (TPSA) is 144 Å². The Morgan fingerprint density at radius 3 is 2.27 bits per heavy atom. The summed E-state index contributed by atoms with van der Waals surface area (Å²) >= 11 is 0. The third-order valence-electron chi connectivity index (χ3n) is 6.71. The highest BCUT2D eigenvalue weighted by molar-refractivity contribution is 6.07. The van der Waals surface area contributed by atoms with Gasteiger partial charge in [0, 0.05) is 31.0 Å². The van der Waals surface area contributed by atoms with Crippen LogP contribution in [0.15, 0.2) is 84.0 Å². The van der Waals surface area contributed by atoms with Crippen LogP contribution in [0.25, 0.3) is 11.1 Å². The predicted molar refractivity (Wildman–Crippen MR) is 151 cm³/mol. The lowest BCUT2D eigenvalue weighted by molar-refractivity contribution is -0.129. The van der Waals surface area contributed by atoms with Gasteiger partial charge >= 0.3 is 0 Å². The van der Waals surface area contributed by atoms with E-state index in [1.54, 1.807) is 36.4 Å². The number of aliphatic hydroxyl groups is 1. The van der Waals surface area contributed by atoms with E-state index in [2.05, 4.69) is 10.5 Å². The number of amides is 3. The fraction of sp³-hybridized carbons (Fsp3) is 0.267. The molecule has 0 aromatic heterocycles. The molecule has 3 aromatic carbocycles. The zero-order chi connectivity index (χ0) is 28.7. The molecule has 40 heavy (non-hydrogen) atoms. The molecule has 10 heteroatoms. The van der Waals surface area contributed by atoms with Crippen LogP contribution < -0.4 is 15.8 Å². The maximum absolute atomic E-state index is 13.7. The van der Waals surface area contributed by atoms with Crippen molar-refractivity contribution in [1.82, 2.24) is 4.90 Å². The molecule has 1 aliphatic heterocycles. The monoisotopic (exact) mass is 544 g/mol. The number of ether oxygens (including phenoxy) is 1. The van der Waals surface area contributed by atoms with Crippen LogP contribution in [0.3, 0.4) is 0 Å². The van der Waals surface area contributed by atoms with Crippen LogP contribution >= 0.6 is 0 Å². The average Bonchev–Trinajstić information content (AvgIpc) is 3.31. The Bertz CT molecular complexity index is 1380. The number of oxime groups is 1. The van der Waals surface area contributed by atoms with Crippen molar-refractivity contribution >= 4 is 29.1 Å². The fourth-order valence-electron chi connectivity index (χ4n) is 4.85. The number of hydrogen-bond acceptors (Lipinski definition) is 7. The molecule has 2 unspecified atom stereocenters. The zero-order valence-corrected chi connectivity index (χ0v) is 22.4. The summed E-state index contributed by atoms with van der Waals surface area (Å²) in [5, 5.41) is 17.6. The minimum atomic E-state index is -1.54. The van der Waals surface area contributed by atoms with Crippen LogP contribution in [0, 0.1) is 0 Å². The highest BCUT2D eigenvalue weighted by atomic mass is 16.6. The summed E-state index contributed by atoms with van der Waals surface area (Å²) < 4.78 is 5.70. The van der Waals surface area contributed by atoms with Crippen LogP contribution in [0.2, 0.25) is 0 Å². The van der Waals surface area contributed by atoms with Gasteiger partial charge < -0.3 is 30.6 Å². The van der Waals surface area contributed by atoms with E-state index in [-0.39, 0.29) is 31.9 Å². The quantitative estimate of drug-likeness (QED) is 0.335. The number of nitrogens with one attached hydrogen (secondary N) is 1. The van der Waals surface area contributed by atoms with Crippen molar-refractivity contribution in [2.45, 2.75) is 31.4 Å². The molecule has 0 aliphatic carbocycles. The number of nitrogens with zero attached hydrogens (tertiary/aromatic N) is 2. The van der Waals surface area contributed by atoms with E-state index < -0.39 is 23.5 Å². The van der Waals surface area contributed by atoms with Crippen LogP contribution in [-0.2, 0) is 14.4 Å². The third kappa shape index (κ3) is 6.47. The summed E-state index contributed by atoms with van der Waals surface area (Å²) in [5.41, 5.74) is 7.74. The van der Waals surface area contributed by atoms with E-state index in [4.69, 9.17) is 15.3 Å². The molecule has 4 N–H and O–H groups in total. The number of carbonyl (C=O) groups is 3. The van der Waals surface area contributed by atoms with Crippen molar-refractivity contribution in [1.29, 1.82) is 0 Å². The Morgan fingerprint density at radius 2 is 1.68 bits per heavy atom. The van der Waals surface area contributed by atoms with Crippen molar-refractivity contribution in [3.05, 3.63) is 84.4 Å². The highest BCUT2D eigenvalue weighted by Crippen LogP contribution is 2.34. The van der Waals surface area contributed by atoms with Gasteiger partial charge in [0.05, 0.1) is 18.4 Å². The first-order valence-corrected chi connectivity index (χ1v) is 12.8. The van der Waals surface area contributed by atoms with E-state index in [9.17, 15) is 19.5 Å². The molecule has 0 saturated carbocycles. The maximum atomic E-state index is 13.7. The first-order valence-electron chi connectivity index (χ1n) is 12.8. The third-order valence-corrected chi connectivity index (χ3v) is 6.71. The Kier molecular flexibility index (Phi) is 8.80. The molecule has 1 heterocycles. The lowest BCUT2D eigenvalue weighted by Gasteiger charge is -2.36. The molecule has 2 atom stereocenters. The number of aliphatic hydroxyl groups excluding tert-OH is 1. The van der Waals surface area contributed by atoms with Crippen LogP contribution in [-0.4, -0.2) is 65.3 Å². The second-order valence-corrected chi connectivity index (χ2v) is 9.62. The molecule has 3 aromatic rings. The summed E-state index contributed by atoms with van der Waals surface area (Å²) in [6.07, 6.45) is -1.28. The molecule has 10 nitrogen and oxygen atoms in total. The van der Waals surface area contributed by atoms with E-state index in [0.29, 0.717) is 22.7 Å². The Hall–Kier alpha value is -4.70. The van der Waals surface area contributed by atoms with Crippen LogP contribution in [0.1, 0.15) is 30.1 Å². The van der Waals surface area contributed by atoms with E-state index in [1.807, 2.05) is 42.5 Å². The molecule has 1 saturated heterocycles. The summed E-state index contributed by atoms with van der Waals surface area (Å²) in [5.74, 6) is -0.913. The highest BCUT2D eigenvalue weighted by Gasteiger charge is 2.52. The van der Waals surface area contributed by atoms with Crippen LogP contribution in [0.5, 0.6) is 5.75 Å². The molecule has 1 fully saturated rings. The van der Waals surface area contributed by atoms with Gasteiger partial charge in [-0.2, -0.15) is 0 Å². The van der Waals surface area contributed by atoms with E-state index in [1.165, 1.54) is 18.9 Å². The molecule has 4 rings (SSSR count). The molecule has 3 amide bonds. The minimum absolute atomic E-state index is 0.0203. The number of anilines is 1. The second-order valence-electron chi connectivity index (χ2n) is 9.62. The Balaban J connectivity index is 1.52. The Morgan fingerprint density at radius 1 is 1.02 bits per heavy atom. The van der Waals surface area contributed by atoms with Gasteiger partial charge in [-0.1, -0.05) is 47.6 Å². The summed E-state index contributed by atoms with van der Waals surface area (Å²) in [7, 11) is 1.38. The largest absolute Gasteiger partial charge is 0.491 e. The molecule has 0 bridgehead atoms. The number of benzene rings is 3. The summed E-state index contributed by atoms with van der Waals surface area (Å²) in [4.78, 5) is 44.1. The number of likely N-dealkylation sites (tertiary alicyclic amines) is 1.